The molecular formula is C26H34N2O3S. The summed E-state index contributed by atoms with van der Waals surface area (Å²) in [5, 5.41) is 3.28. The zero-order valence-corrected chi connectivity index (χ0v) is 20.3. The number of benzene rings is 2. The summed E-state index contributed by atoms with van der Waals surface area (Å²) in [7, 11) is -3.59. The van der Waals surface area contributed by atoms with E-state index in [2.05, 4.69) is 17.4 Å². The lowest BCUT2D eigenvalue weighted by molar-refractivity contribution is -0.127. The average Bonchev–Trinajstić information content (AvgIpc) is 3.62. The van der Waals surface area contributed by atoms with Crippen LogP contribution in [0.5, 0.6) is 0 Å². The molecule has 1 aliphatic heterocycles. The molecule has 0 spiro atoms. The van der Waals surface area contributed by atoms with Crippen molar-refractivity contribution in [2.45, 2.75) is 64.3 Å². The highest BCUT2D eigenvalue weighted by Gasteiger charge is 2.37. The molecule has 1 aliphatic carbocycles. The SMILES string of the molecule is Cc1cc(C)c(C)c(S(=O)(=O)N2CCC(C(=O)N[C@@H](c3ccccc3)C3CC3)CC2)c1C. The van der Waals surface area contributed by atoms with Crippen molar-refractivity contribution < 1.29 is 13.2 Å². The predicted octanol–water partition coefficient (Wildman–Crippen LogP) is 4.59. The van der Waals surface area contributed by atoms with Gasteiger partial charge in [0.25, 0.3) is 0 Å². The lowest BCUT2D eigenvalue weighted by Crippen LogP contribution is -2.44. The number of aryl methyl sites for hydroxylation is 2. The Morgan fingerprint density at radius 3 is 2.03 bits per heavy atom. The van der Waals surface area contributed by atoms with E-state index in [-0.39, 0.29) is 17.9 Å². The van der Waals surface area contributed by atoms with Crippen LogP contribution < -0.4 is 5.32 Å². The van der Waals surface area contributed by atoms with Gasteiger partial charge in [-0.05, 0) is 87.1 Å². The molecule has 1 atom stereocenters. The first-order valence-electron chi connectivity index (χ1n) is 11.6. The van der Waals surface area contributed by atoms with Gasteiger partial charge in [-0.15, -0.1) is 0 Å². The van der Waals surface area contributed by atoms with E-state index >= 15 is 0 Å². The highest BCUT2D eigenvalue weighted by atomic mass is 32.2. The second-order valence-corrected chi connectivity index (χ2v) is 11.4. The van der Waals surface area contributed by atoms with E-state index < -0.39 is 10.0 Å². The van der Waals surface area contributed by atoms with Crippen LogP contribution in [0.25, 0.3) is 0 Å². The molecule has 6 heteroatoms. The monoisotopic (exact) mass is 454 g/mol. The van der Waals surface area contributed by atoms with Gasteiger partial charge in [0.05, 0.1) is 10.9 Å². The van der Waals surface area contributed by atoms with Crippen LogP contribution >= 0.6 is 0 Å². The summed E-state index contributed by atoms with van der Waals surface area (Å²) in [6.07, 6.45) is 3.40. The molecule has 0 aromatic heterocycles. The number of amides is 1. The molecule has 2 aromatic rings. The molecule has 1 saturated heterocycles. The van der Waals surface area contributed by atoms with E-state index in [1.165, 1.54) is 0 Å². The molecule has 0 unspecified atom stereocenters. The van der Waals surface area contributed by atoms with Gasteiger partial charge < -0.3 is 5.32 Å². The van der Waals surface area contributed by atoms with Crippen LogP contribution in [-0.2, 0) is 14.8 Å². The number of hydrogen-bond acceptors (Lipinski definition) is 3. The van der Waals surface area contributed by atoms with Gasteiger partial charge in [-0.25, -0.2) is 8.42 Å². The van der Waals surface area contributed by atoms with Crippen molar-refractivity contribution in [1.82, 2.24) is 9.62 Å². The van der Waals surface area contributed by atoms with Crippen molar-refractivity contribution in [3.05, 3.63) is 64.2 Å². The van der Waals surface area contributed by atoms with Gasteiger partial charge in [0.2, 0.25) is 15.9 Å². The molecule has 0 radical (unpaired) electrons. The van der Waals surface area contributed by atoms with Crippen molar-refractivity contribution in [3.8, 4) is 0 Å². The quantitative estimate of drug-likeness (QED) is 0.694. The maximum atomic E-state index is 13.5. The molecule has 2 aliphatic rings. The van der Waals surface area contributed by atoms with Crippen LogP contribution in [0.4, 0.5) is 0 Å². The van der Waals surface area contributed by atoms with E-state index in [0.29, 0.717) is 36.7 Å². The number of carbonyl (C=O) groups is 1. The highest BCUT2D eigenvalue weighted by molar-refractivity contribution is 7.89. The standard InChI is InChI=1S/C26H34N2O3S/c1-17-16-18(2)20(4)25(19(17)3)32(30,31)28-14-12-23(13-15-28)26(29)27-24(22-10-11-22)21-8-6-5-7-9-21/h5-9,16,22-24H,10-15H2,1-4H3,(H,27,29)/t24-/m0/s1. The molecule has 32 heavy (non-hydrogen) atoms. The fourth-order valence-electron chi connectivity index (χ4n) is 4.89. The molecule has 1 amide bonds. The third kappa shape index (κ3) is 4.48. The molecule has 1 heterocycles. The average molecular weight is 455 g/mol. The topological polar surface area (TPSA) is 66.5 Å². The molecule has 4 rings (SSSR count). The minimum Gasteiger partial charge on any atom is -0.349 e. The zero-order chi connectivity index (χ0) is 23.0. The first kappa shape index (κ1) is 23.0. The maximum absolute atomic E-state index is 13.5. The molecule has 2 fully saturated rings. The number of hydrogen-bond donors (Lipinski definition) is 1. The van der Waals surface area contributed by atoms with Crippen LogP contribution in [0, 0.1) is 39.5 Å². The number of piperidine rings is 1. The number of nitrogens with one attached hydrogen (secondary N) is 1. The van der Waals surface area contributed by atoms with E-state index in [1.54, 1.807) is 4.31 Å². The maximum Gasteiger partial charge on any atom is 0.243 e. The van der Waals surface area contributed by atoms with Gasteiger partial charge in [0.15, 0.2) is 0 Å². The Labute approximate surface area is 192 Å². The van der Waals surface area contributed by atoms with E-state index in [1.807, 2.05) is 52.0 Å². The lowest BCUT2D eigenvalue weighted by Gasteiger charge is -2.32. The normalized spacial score (nSPS) is 19.0. The van der Waals surface area contributed by atoms with Crippen molar-refractivity contribution in [2.24, 2.45) is 11.8 Å². The first-order valence-corrected chi connectivity index (χ1v) is 13.1. The Kier molecular flexibility index (Phi) is 6.46. The summed E-state index contributed by atoms with van der Waals surface area (Å²) in [4.78, 5) is 13.5. The predicted molar refractivity (Wildman–Crippen MR) is 127 cm³/mol. The third-order valence-electron chi connectivity index (χ3n) is 7.27. The summed E-state index contributed by atoms with van der Waals surface area (Å²) < 4.78 is 28.6. The van der Waals surface area contributed by atoms with Crippen molar-refractivity contribution in [3.63, 3.8) is 0 Å². The Bertz CT molecular complexity index is 1070. The number of nitrogens with zero attached hydrogens (tertiary/aromatic N) is 1. The number of rotatable bonds is 6. The minimum atomic E-state index is -3.59. The molecule has 1 N–H and O–H groups in total. The van der Waals surface area contributed by atoms with Crippen molar-refractivity contribution >= 4 is 15.9 Å². The Hall–Kier alpha value is -2.18. The van der Waals surface area contributed by atoms with Crippen LogP contribution in [0.2, 0.25) is 0 Å². The Balaban J connectivity index is 1.45. The summed E-state index contributed by atoms with van der Waals surface area (Å²) in [6.45, 7) is 8.45. The summed E-state index contributed by atoms with van der Waals surface area (Å²) in [5.41, 5.74) is 4.79. The first-order chi connectivity index (χ1) is 15.2. The summed E-state index contributed by atoms with van der Waals surface area (Å²) >= 11 is 0. The van der Waals surface area contributed by atoms with Crippen molar-refractivity contribution in [2.75, 3.05) is 13.1 Å². The van der Waals surface area contributed by atoms with Gasteiger partial charge in [0, 0.05) is 19.0 Å². The fraction of sp³-hybridized carbons (Fsp3) is 0.500. The number of carbonyl (C=O) groups excluding carboxylic acids is 1. The lowest BCUT2D eigenvalue weighted by atomic mass is 9.95. The van der Waals surface area contributed by atoms with Gasteiger partial charge >= 0.3 is 0 Å². The van der Waals surface area contributed by atoms with E-state index in [4.69, 9.17) is 0 Å². The van der Waals surface area contributed by atoms with Crippen LogP contribution in [0.3, 0.4) is 0 Å². The van der Waals surface area contributed by atoms with Gasteiger partial charge in [0.1, 0.15) is 0 Å². The van der Waals surface area contributed by atoms with Crippen LogP contribution in [0.15, 0.2) is 41.3 Å². The second-order valence-electron chi connectivity index (χ2n) is 9.50. The Morgan fingerprint density at radius 2 is 1.50 bits per heavy atom. The van der Waals surface area contributed by atoms with Crippen LogP contribution in [0.1, 0.15) is 59.5 Å². The van der Waals surface area contributed by atoms with Gasteiger partial charge in [-0.1, -0.05) is 36.4 Å². The highest BCUT2D eigenvalue weighted by Crippen LogP contribution is 2.41. The third-order valence-corrected chi connectivity index (χ3v) is 9.44. The van der Waals surface area contributed by atoms with Gasteiger partial charge in [-0.3, -0.25) is 4.79 Å². The molecule has 1 saturated carbocycles. The molecular weight excluding hydrogens is 420 g/mol. The molecule has 5 nitrogen and oxygen atoms in total. The largest absolute Gasteiger partial charge is 0.349 e. The summed E-state index contributed by atoms with van der Waals surface area (Å²) in [6, 6.07) is 12.3. The Morgan fingerprint density at radius 1 is 0.938 bits per heavy atom. The zero-order valence-electron chi connectivity index (χ0n) is 19.5. The minimum absolute atomic E-state index is 0.0570. The molecule has 172 valence electrons. The molecule has 0 bridgehead atoms. The van der Waals surface area contributed by atoms with Crippen LogP contribution in [-0.4, -0.2) is 31.7 Å². The van der Waals surface area contributed by atoms with E-state index in [0.717, 1.165) is 40.7 Å². The summed E-state index contributed by atoms with van der Waals surface area (Å²) in [5.74, 6) is 0.423. The van der Waals surface area contributed by atoms with Crippen molar-refractivity contribution in [1.29, 1.82) is 0 Å². The van der Waals surface area contributed by atoms with Gasteiger partial charge in [-0.2, -0.15) is 4.31 Å². The van der Waals surface area contributed by atoms with E-state index in [9.17, 15) is 13.2 Å². The second kappa shape index (κ2) is 8.99. The smallest absolute Gasteiger partial charge is 0.243 e. The fourth-order valence-corrected chi connectivity index (χ4v) is 6.94. The molecule has 2 aromatic carbocycles. The number of sulfonamides is 1.